The third-order valence-corrected chi connectivity index (χ3v) is 2.84. The molecule has 4 heteroatoms. The van der Waals surface area contributed by atoms with Crippen LogP contribution < -0.4 is 5.73 Å². The highest BCUT2D eigenvalue weighted by molar-refractivity contribution is 5.09. The smallest absolute Gasteiger partial charge is 0.0537 e. The summed E-state index contributed by atoms with van der Waals surface area (Å²) in [4.78, 5) is 2.31. The van der Waals surface area contributed by atoms with Crippen molar-refractivity contribution in [2.75, 3.05) is 20.1 Å². The molecule has 1 aromatic heterocycles. The monoisotopic (exact) mass is 210 g/mol. The van der Waals surface area contributed by atoms with Crippen LogP contribution in [0.4, 0.5) is 0 Å². The van der Waals surface area contributed by atoms with Gasteiger partial charge in [-0.15, -0.1) is 0 Å². The van der Waals surface area contributed by atoms with E-state index in [1.54, 1.807) is 0 Å². The SMILES string of the molecule is CCn1cc(C(C)N(C)CCCN)cn1. The maximum Gasteiger partial charge on any atom is 0.0537 e. The topological polar surface area (TPSA) is 47.1 Å². The summed E-state index contributed by atoms with van der Waals surface area (Å²) in [6.45, 7) is 7.02. The van der Waals surface area contributed by atoms with Crippen molar-refractivity contribution in [3.8, 4) is 0 Å². The fourth-order valence-corrected chi connectivity index (χ4v) is 1.56. The van der Waals surface area contributed by atoms with Crippen LogP contribution in [0, 0.1) is 0 Å². The first-order valence-corrected chi connectivity index (χ1v) is 5.61. The van der Waals surface area contributed by atoms with E-state index in [0.717, 1.165) is 26.1 Å². The van der Waals surface area contributed by atoms with E-state index in [1.807, 2.05) is 10.9 Å². The Labute approximate surface area is 92.1 Å². The van der Waals surface area contributed by atoms with Gasteiger partial charge < -0.3 is 5.73 Å². The molecule has 0 saturated carbocycles. The van der Waals surface area contributed by atoms with Crippen molar-refractivity contribution < 1.29 is 0 Å². The first kappa shape index (κ1) is 12.2. The van der Waals surface area contributed by atoms with Crippen LogP contribution in [0.3, 0.4) is 0 Å². The van der Waals surface area contributed by atoms with Crippen LogP contribution in [0.5, 0.6) is 0 Å². The van der Waals surface area contributed by atoms with Gasteiger partial charge >= 0.3 is 0 Å². The Morgan fingerprint density at radius 3 is 2.87 bits per heavy atom. The molecule has 0 aromatic carbocycles. The molecule has 1 aromatic rings. The summed E-state index contributed by atoms with van der Waals surface area (Å²) in [5, 5.41) is 4.28. The zero-order chi connectivity index (χ0) is 11.3. The van der Waals surface area contributed by atoms with Crippen molar-refractivity contribution in [3.05, 3.63) is 18.0 Å². The first-order chi connectivity index (χ1) is 7.19. The van der Waals surface area contributed by atoms with E-state index in [-0.39, 0.29) is 0 Å². The van der Waals surface area contributed by atoms with Gasteiger partial charge in [-0.2, -0.15) is 5.10 Å². The van der Waals surface area contributed by atoms with Crippen molar-refractivity contribution in [2.24, 2.45) is 5.73 Å². The Hall–Kier alpha value is -0.870. The lowest BCUT2D eigenvalue weighted by Crippen LogP contribution is -2.24. The Bertz CT molecular complexity index is 282. The molecule has 0 aliphatic carbocycles. The van der Waals surface area contributed by atoms with E-state index in [0.29, 0.717) is 6.04 Å². The van der Waals surface area contributed by atoms with Crippen molar-refractivity contribution >= 4 is 0 Å². The molecule has 0 bridgehead atoms. The number of aryl methyl sites for hydroxylation is 1. The van der Waals surface area contributed by atoms with Gasteiger partial charge in [0.15, 0.2) is 0 Å². The molecule has 1 heterocycles. The molecule has 86 valence electrons. The maximum atomic E-state index is 5.50. The summed E-state index contributed by atoms with van der Waals surface area (Å²) in [5.41, 5.74) is 6.77. The molecule has 0 amide bonds. The van der Waals surface area contributed by atoms with Gasteiger partial charge in [0.25, 0.3) is 0 Å². The van der Waals surface area contributed by atoms with Gasteiger partial charge in [0.05, 0.1) is 6.20 Å². The second-order valence-corrected chi connectivity index (χ2v) is 3.93. The van der Waals surface area contributed by atoms with E-state index in [2.05, 4.69) is 37.1 Å². The summed E-state index contributed by atoms with van der Waals surface area (Å²) < 4.78 is 1.96. The minimum atomic E-state index is 0.414. The fourth-order valence-electron chi connectivity index (χ4n) is 1.56. The van der Waals surface area contributed by atoms with E-state index in [9.17, 15) is 0 Å². The van der Waals surface area contributed by atoms with Gasteiger partial charge in [0.1, 0.15) is 0 Å². The lowest BCUT2D eigenvalue weighted by molar-refractivity contribution is 0.260. The van der Waals surface area contributed by atoms with Crippen molar-refractivity contribution in [1.82, 2.24) is 14.7 Å². The number of aromatic nitrogens is 2. The zero-order valence-corrected chi connectivity index (χ0v) is 9.98. The summed E-state index contributed by atoms with van der Waals surface area (Å²) >= 11 is 0. The summed E-state index contributed by atoms with van der Waals surface area (Å²) in [6.07, 6.45) is 5.11. The van der Waals surface area contributed by atoms with Crippen LogP contribution in [0.1, 0.15) is 31.9 Å². The van der Waals surface area contributed by atoms with E-state index in [4.69, 9.17) is 5.73 Å². The van der Waals surface area contributed by atoms with Gasteiger partial charge in [-0.1, -0.05) is 0 Å². The Kier molecular flexibility index (Phi) is 4.78. The van der Waals surface area contributed by atoms with E-state index < -0.39 is 0 Å². The number of hydrogen-bond acceptors (Lipinski definition) is 3. The molecule has 0 fully saturated rings. The van der Waals surface area contributed by atoms with Crippen molar-refractivity contribution in [3.63, 3.8) is 0 Å². The van der Waals surface area contributed by atoms with Crippen LogP contribution in [0.25, 0.3) is 0 Å². The lowest BCUT2D eigenvalue weighted by Gasteiger charge is -2.23. The standard InChI is InChI=1S/C11H22N4/c1-4-15-9-11(8-13-15)10(2)14(3)7-5-6-12/h8-10H,4-7,12H2,1-3H3. The van der Waals surface area contributed by atoms with Gasteiger partial charge in [0, 0.05) is 24.3 Å². The molecular formula is C11H22N4. The van der Waals surface area contributed by atoms with Crippen LogP contribution in [0.2, 0.25) is 0 Å². The normalized spacial score (nSPS) is 13.4. The minimum absolute atomic E-state index is 0.414. The second-order valence-electron chi connectivity index (χ2n) is 3.93. The Balaban J connectivity index is 2.54. The molecule has 2 N–H and O–H groups in total. The molecule has 0 saturated heterocycles. The summed E-state index contributed by atoms with van der Waals surface area (Å²) in [5.74, 6) is 0. The van der Waals surface area contributed by atoms with Gasteiger partial charge in [-0.05, 0) is 40.4 Å². The zero-order valence-electron chi connectivity index (χ0n) is 9.98. The van der Waals surface area contributed by atoms with Crippen LogP contribution in [-0.4, -0.2) is 34.8 Å². The minimum Gasteiger partial charge on any atom is -0.330 e. The molecule has 0 aliphatic rings. The van der Waals surface area contributed by atoms with Gasteiger partial charge in [-0.3, -0.25) is 9.58 Å². The quantitative estimate of drug-likeness (QED) is 0.768. The average molecular weight is 210 g/mol. The highest BCUT2D eigenvalue weighted by Gasteiger charge is 2.12. The van der Waals surface area contributed by atoms with Gasteiger partial charge in [0.2, 0.25) is 0 Å². The van der Waals surface area contributed by atoms with Crippen LogP contribution >= 0.6 is 0 Å². The highest BCUT2D eigenvalue weighted by Crippen LogP contribution is 2.17. The van der Waals surface area contributed by atoms with E-state index in [1.165, 1.54) is 5.56 Å². The number of hydrogen-bond donors (Lipinski definition) is 1. The number of nitrogens with two attached hydrogens (primary N) is 1. The molecule has 4 nitrogen and oxygen atoms in total. The third kappa shape index (κ3) is 3.32. The Morgan fingerprint density at radius 2 is 2.33 bits per heavy atom. The molecule has 1 rings (SSSR count). The predicted molar refractivity (Wildman–Crippen MR) is 62.6 cm³/mol. The molecule has 1 atom stereocenters. The number of nitrogens with zero attached hydrogens (tertiary/aromatic N) is 3. The largest absolute Gasteiger partial charge is 0.330 e. The lowest BCUT2D eigenvalue weighted by atomic mass is 10.1. The van der Waals surface area contributed by atoms with Crippen LogP contribution in [0.15, 0.2) is 12.4 Å². The highest BCUT2D eigenvalue weighted by atomic mass is 15.3. The molecule has 15 heavy (non-hydrogen) atoms. The fraction of sp³-hybridized carbons (Fsp3) is 0.727. The van der Waals surface area contributed by atoms with Crippen molar-refractivity contribution in [2.45, 2.75) is 32.9 Å². The predicted octanol–water partition coefficient (Wildman–Crippen LogP) is 1.24. The first-order valence-electron chi connectivity index (χ1n) is 5.61. The average Bonchev–Trinajstić information content (AvgIpc) is 2.73. The molecule has 1 unspecified atom stereocenters. The Morgan fingerprint density at radius 1 is 1.60 bits per heavy atom. The number of rotatable bonds is 6. The molecule has 0 radical (unpaired) electrons. The van der Waals surface area contributed by atoms with Gasteiger partial charge in [-0.25, -0.2) is 0 Å². The molecule has 0 spiro atoms. The van der Waals surface area contributed by atoms with E-state index >= 15 is 0 Å². The second kappa shape index (κ2) is 5.88. The third-order valence-electron chi connectivity index (χ3n) is 2.84. The summed E-state index contributed by atoms with van der Waals surface area (Å²) in [7, 11) is 2.13. The molecule has 0 aliphatic heterocycles. The maximum absolute atomic E-state index is 5.50. The van der Waals surface area contributed by atoms with Crippen LogP contribution in [-0.2, 0) is 6.54 Å². The summed E-state index contributed by atoms with van der Waals surface area (Å²) in [6, 6.07) is 0.414. The molecular weight excluding hydrogens is 188 g/mol. The van der Waals surface area contributed by atoms with Crippen molar-refractivity contribution in [1.29, 1.82) is 0 Å².